The maximum absolute atomic E-state index is 6.56. The molecule has 12 rings (SSSR count). The fraction of sp³-hybridized carbons (Fsp3) is 0. The van der Waals surface area contributed by atoms with Crippen LogP contribution in [0.15, 0.2) is 144 Å². The minimum atomic E-state index is 0.583. The van der Waals surface area contributed by atoms with Crippen molar-refractivity contribution in [1.82, 2.24) is 14.5 Å². The van der Waals surface area contributed by atoms with Crippen LogP contribution in [0.4, 0.5) is 0 Å². The second-order valence-electron chi connectivity index (χ2n) is 12.9. The standard InChI is InChI=1S/C44H23N3OS2/c1-2-13-27-26(12-1)37-30-16-6-10-20-35(30)50-42(37)39-28-14-3-7-17-32(28)47(41(27)39)44-45-40(38-29-15-4-8-18-33(29)48-43(38)46-44)24-21-22-36-31(23-24)25-11-5-9-19-34(25)49-36/h1-23H. The van der Waals surface area contributed by atoms with Gasteiger partial charge in [-0.1, -0.05) is 103 Å². The van der Waals surface area contributed by atoms with E-state index >= 15 is 0 Å². The summed E-state index contributed by atoms with van der Waals surface area (Å²) in [6.45, 7) is 0. The van der Waals surface area contributed by atoms with Crippen LogP contribution in [0.3, 0.4) is 0 Å². The number of hydrogen-bond donors (Lipinski definition) is 0. The van der Waals surface area contributed by atoms with Gasteiger partial charge in [0.15, 0.2) is 0 Å². The van der Waals surface area contributed by atoms with Gasteiger partial charge >= 0.3 is 0 Å². The van der Waals surface area contributed by atoms with E-state index < -0.39 is 0 Å². The first-order chi connectivity index (χ1) is 24.8. The minimum absolute atomic E-state index is 0.583. The highest BCUT2D eigenvalue weighted by atomic mass is 32.1. The van der Waals surface area contributed by atoms with Gasteiger partial charge in [-0.2, -0.15) is 4.98 Å². The first-order valence-corrected chi connectivity index (χ1v) is 18.3. The fourth-order valence-corrected chi connectivity index (χ4v) is 10.5. The average Bonchev–Trinajstić information content (AvgIpc) is 3.93. The van der Waals surface area contributed by atoms with Crippen molar-refractivity contribution < 1.29 is 4.42 Å². The van der Waals surface area contributed by atoms with Crippen molar-refractivity contribution in [2.45, 2.75) is 0 Å². The Balaban J connectivity index is 1.26. The Morgan fingerprint density at radius 2 is 1.14 bits per heavy atom. The lowest BCUT2D eigenvalue weighted by Gasteiger charge is -2.12. The van der Waals surface area contributed by atoms with E-state index in [1.807, 2.05) is 34.8 Å². The van der Waals surface area contributed by atoms with Crippen LogP contribution in [-0.2, 0) is 0 Å². The monoisotopic (exact) mass is 673 g/mol. The van der Waals surface area contributed by atoms with Gasteiger partial charge in [0.1, 0.15) is 5.58 Å². The van der Waals surface area contributed by atoms with Gasteiger partial charge in [-0.3, -0.25) is 4.57 Å². The van der Waals surface area contributed by atoms with Gasteiger partial charge in [-0.05, 0) is 41.8 Å². The van der Waals surface area contributed by atoms with E-state index in [-0.39, 0.29) is 0 Å². The van der Waals surface area contributed by atoms with E-state index in [9.17, 15) is 0 Å². The zero-order valence-corrected chi connectivity index (χ0v) is 28.0. The number of para-hydroxylation sites is 2. The van der Waals surface area contributed by atoms with Gasteiger partial charge in [0, 0.05) is 67.5 Å². The smallest absolute Gasteiger partial charge is 0.238 e. The summed E-state index contributed by atoms with van der Waals surface area (Å²) < 4.78 is 13.9. The Morgan fingerprint density at radius 1 is 0.480 bits per heavy atom. The first-order valence-electron chi connectivity index (χ1n) is 16.7. The maximum atomic E-state index is 6.56. The van der Waals surface area contributed by atoms with E-state index in [1.165, 1.54) is 61.9 Å². The molecule has 5 aromatic heterocycles. The third-order valence-corrected chi connectivity index (χ3v) is 12.6. The normalized spacial score (nSPS) is 12.4. The molecule has 0 unspecified atom stereocenters. The summed E-state index contributed by atoms with van der Waals surface area (Å²) in [5, 5.41) is 11.9. The molecular weight excluding hydrogens is 651 g/mol. The summed E-state index contributed by atoms with van der Waals surface area (Å²) >= 11 is 3.69. The van der Waals surface area contributed by atoms with Crippen molar-refractivity contribution in [2.75, 3.05) is 0 Å². The number of nitrogens with zero attached hydrogens (tertiary/aromatic N) is 3. The lowest BCUT2D eigenvalue weighted by molar-refractivity contribution is 0.651. The summed E-state index contributed by atoms with van der Waals surface area (Å²) in [5.41, 5.74) is 5.47. The second-order valence-corrected chi connectivity index (χ2v) is 15.0. The number of furan rings is 1. The van der Waals surface area contributed by atoms with E-state index in [4.69, 9.17) is 14.4 Å². The lowest BCUT2D eigenvalue weighted by atomic mass is 10.00. The van der Waals surface area contributed by atoms with Gasteiger partial charge in [-0.25, -0.2) is 4.98 Å². The molecule has 0 atom stereocenters. The molecule has 0 spiro atoms. The molecule has 0 aliphatic rings. The van der Waals surface area contributed by atoms with E-state index in [0.717, 1.165) is 38.6 Å². The first kappa shape index (κ1) is 26.8. The number of benzene rings is 7. The van der Waals surface area contributed by atoms with Crippen LogP contribution >= 0.6 is 22.7 Å². The molecule has 5 heterocycles. The Morgan fingerprint density at radius 3 is 2.00 bits per heavy atom. The van der Waals surface area contributed by atoms with Crippen LogP contribution in [-0.4, -0.2) is 14.5 Å². The molecule has 0 fully saturated rings. The van der Waals surface area contributed by atoms with Gasteiger partial charge in [0.2, 0.25) is 11.7 Å². The zero-order valence-electron chi connectivity index (χ0n) is 26.3. The predicted octanol–water partition coefficient (Wildman–Crippen LogP) is 13.0. The summed E-state index contributed by atoms with van der Waals surface area (Å²) in [6, 6.07) is 49.8. The average molecular weight is 674 g/mol. The quantitative estimate of drug-likeness (QED) is 0.183. The van der Waals surface area contributed by atoms with E-state index in [1.54, 1.807) is 0 Å². The molecule has 0 saturated carbocycles. The van der Waals surface area contributed by atoms with Gasteiger partial charge < -0.3 is 4.42 Å². The molecule has 50 heavy (non-hydrogen) atoms. The van der Waals surface area contributed by atoms with Crippen molar-refractivity contribution in [1.29, 1.82) is 0 Å². The zero-order chi connectivity index (χ0) is 32.5. The van der Waals surface area contributed by atoms with Gasteiger partial charge in [-0.15, -0.1) is 22.7 Å². The highest BCUT2D eigenvalue weighted by Crippen LogP contribution is 2.48. The third-order valence-electron chi connectivity index (χ3n) is 10.2. The Hall–Kier alpha value is -6.08. The van der Waals surface area contributed by atoms with Crippen LogP contribution in [0.2, 0.25) is 0 Å². The van der Waals surface area contributed by atoms with Crippen LogP contribution in [0.25, 0.3) is 112 Å². The van der Waals surface area contributed by atoms with Crippen LogP contribution < -0.4 is 0 Å². The number of thiophene rings is 2. The van der Waals surface area contributed by atoms with Crippen LogP contribution in [0.5, 0.6) is 0 Å². The van der Waals surface area contributed by atoms with Crippen molar-refractivity contribution in [3.05, 3.63) is 140 Å². The molecule has 7 aromatic carbocycles. The van der Waals surface area contributed by atoms with Crippen molar-refractivity contribution >= 4 is 118 Å². The predicted molar refractivity (Wildman–Crippen MR) is 212 cm³/mol. The summed E-state index contributed by atoms with van der Waals surface area (Å²) in [4.78, 5) is 10.8. The molecule has 0 aliphatic carbocycles. The molecule has 0 radical (unpaired) electrons. The maximum Gasteiger partial charge on any atom is 0.238 e. The molecule has 0 saturated heterocycles. The minimum Gasteiger partial charge on any atom is -0.437 e. The second kappa shape index (κ2) is 9.76. The molecule has 6 heteroatoms. The summed E-state index contributed by atoms with van der Waals surface area (Å²) in [6.07, 6.45) is 0. The highest BCUT2D eigenvalue weighted by Gasteiger charge is 2.25. The highest BCUT2D eigenvalue weighted by molar-refractivity contribution is 7.27. The van der Waals surface area contributed by atoms with E-state index in [2.05, 4.69) is 132 Å². The summed E-state index contributed by atoms with van der Waals surface area (Å²) in [5.74, 6) is 0.596. The van der Waals surface area contributed by atoms with Crippen molar-refractivity contribution in [3.63, 3.8) is 0 Å². The topological polar surface area (TPSA) is 43.9 Å². The molecule has 0 bridgehead atoms. The third kappa shape index (κ3) is 3.49. The molecule has 0 amide bonds. The van der Waals surface area contributed by atoms with E-state index in [0.29, 0.717) is 11.7 Å². The molecule has 4 nitrogen and oxygen atoms in total. The van der Waals surface area contributed by atoms with Crippen molar-refractivity contribution in [2.24, 2.45) is 0 Å². The SMILES string of the molecule is c1ccc2c(c1)oc1nc(-n3c4ccccc4c4c5sc6ccccc6c5c5ccccc5c43)nc(-c3ccc4sc5ccccc5c4c3)c12. The number of aromatic nitrogens is 3. The van der Waals surface area contributed by atoms with Gasteiger partial charge in [0.25, 0.3) is 0 Å². The molecular formula is C44H23N3OS2. The van der Waals surface area contributed by atoms with Gasteiger partial charge in [0.05, 0.1) is 22.1 Å². The van der Waals surface area contributed by atoms with Crippen LogP contribution in [0, 0.1) is 0 Å². The molecule has 0 aliphatic heterocycles. The Kier molecular flexibility index (Phi) is 5.23. The fourth-order valence-electron chi connectivity index (χ4n) is 8.12. The van der Waals surface area contributed by atoms with Crippen molar-refractivity contribution in [3.8, 4) is 17.2 Å². The largest absolute Gasteiger partial charge is 0.437 e. The Bertz CT molecular complexity index is 3400. The number of fused-ring (bicyclic) bond motifs is 16. The summed E-state index contributed by atoms with van der Waals surface area (Å²) in [7, 11) is 0. The Labute approximate surface area is 292 Å². The number of rotatable bonds is 2. The van der Waals surface area contributed by atoms with Crippen LogP contribution in [0.1, 0.15) is 0 Å². The molecule has 232 valence electrons. The molecule has 0 N–H and O–H groups in total. The number of hydrogen-bond acceptors (Lipinski definition) is 5. The molecule has 12 aromatic rings. The lowest BCUT2D eigenvalue weighted by Crippen LogP contribution is -2.03.